The van der Waals surface area contributed by atoms with Crippen molar-refractivity contribution in [2.75, 3.05) is 26.2 Å². The third-order valence-corrected chi connectivity index (χ3v) is 3.81. The Labute approximate surface area is 175 Å². The number of carbonyl (C=O) groups is 2. The average Bonchev–Trinajstić information content (AvgIpc) is 2.53. The van der Waals surface area contributed by atoms with E-state index in [4.69, 9.17) is 9.94 Å². The molecule has 0 aromatic heterocycles. The molecule has 144 valence electrons. The van der Waals surface area contributed by atoms with E-state index < -0.39 is 5.97 Å². The standard InChI is InChI=1S/C18H36N2O4.Na.H/c1-3-5-6-7-8-9-10-11-12-13-17(21)19-14-15-20(24-4-2)16-18(22)23;;/h3-16H2,1-2H3,(H,19,21)(H,22,23);;. The molecule has 0 radical (unpaired) electrons. The molecule has 7 heteroatoms. The molecule has 0 aromatic carbocycles. The Kier molecular flexibility index (Phi) is 21.9. The van der Waals surface area contributed by atoms with Crippen LogP contribution in [0.3, 0.4) is 0 Å². The van der Waals surface area contributed by atoms with Gasteiger partial charge in [-0.25, -0.2) is 0 Å². The molecular formula is C18H37N2NaO4. The summed E-state index contributed by atoms with van der Waals surface area (Å²) >= 11 is 0. The molecule has 0 bridgehead atoms. The summed E-state index contributed by atoms with van der Waals surface area (Å²) in [4.78, 5) is 27.6. The van der Waals surface area contributed by atoms with E-state index in [0.29, 0.717) is 26.1 Å². The normalized spacial score (nSPS) is 10.5. The monoisotopic (exact) mass is 368 g/mol. The van der Waals surface area contributed by atoms with E-state index >= 15 is 0 Å². The second kappa shape index (κ2) is 20.2. The summed E-state index contributed by atoms with van der Waals surface area (Å²) in [6.45, 7) is 5.05. The van der Waals surface area contributed by atoms with Gasteiger partial charge in [-0.1, -0.05) is 58.3 Å². The Bertz CT molecular complexity index is 330. The van der Waals surface area contributed by atoms with Gasteiger partial charge in [-0.3, -0.25) is 14.4 Å². The molecule has 0 saturated carbocycles. The Morgan fingerprint density at radius 1 is 0.960 bits per heavy atom. The number of carbonyl (C=O) groups excluding carboxylic acids is 1. The zero-order valence-corrected chi connectivity index (χ0v) is 15.5. The van der Waals surface area contributed by atoms with E-state index in [1.165, 1.54) is 50.0 Å². The van der Waals surface area contributed by atoms with Crippen molar-refractivity contribution < 1.29 is 19.5 Å². The van der Waals surface area contributed by atoms with Crippen LogP contribution < -0.4 is 5.32 Å². The van der Waals surface area contributed by atoms with E-state index in [9.17, 15) is 9.59 Å². The van der Waals surface area contributed by atoms with Gasteiger partial charge in [0.15, 0.2) is 0 Å². The first-order chi connectivity index (χ1) is 11.6. The van der Waals surface area contributed by atoms with E-state index in [0.717, 1.165) is 12.8 Å². The molecule has 1 amide bonds. The van der Waals surface area contributed by atoms with Crippen molar-refractivity contribution in [3.8, 4) is 0 Å². The van der Waals surface area contributed by atoms with Gasteiger partial charge >= 0.3 is 35.5 Å². The van der Waals surface area contributed by atoms with Crippen LogP contribution in [-0.2, 0) is 14.4 Å². The number of carboxylic acids is 1. The number of amides is 1. The van der Waals surface area contributed by atoms with Crippen molar-refractivity contribution in [2.24, 2.45) is 0 Å². The minimum atomic E-state index is -0.940. The molecule has 0 fully saturated rings. The van der Waals surface area contributed by atoms with Gasteiger partial charge in [0.05, 0.1) is 6.61 Å². The maximum absolute atomic E-state index is 11.7. The third-order valence-electron chi connectivity index (χ3n) is 3.81. The first kappa shape index (κ1) is 27.1. The molecule has 0 atom stereocenters. The third kappa shape index (κ3) is 20.0. The van der Waals surface area contributed by atoms with Crippen LogP contribution >= 0.6 is 0 Å². The van der Waals surface area contributed by atoms with Crippen LogP contribution in [0.2, 0.25) is 0 Å². The number of hydrogen-bond acceptors (Lipinski definition) is 4. The molecule has 25 heavy (non-hydrogen) atoms. The van der Waals surface area contributed by atoms with Crippen molar-refractivity contribution in [2.45, 2.75) is 78.1 Å². The molecule has 0 heterocycles. The van der Waals surface area contributed by atoms with Gasteiger partial charge < -0.3 is 10.4 Å². The summed E-state index contributed by atoms with van der Waals surface area (Å²) in [5.41, 5.74) is 0. The first-order valence-corrected chi connectivity index (χ1v) is 9.46. The molecule has 0 unspecified atom stereocenters. The number of aliphatic carboxylic acids is 1. The average molecular weight is 368 g/mol. The number of carboxylic acid groups (broad SMARTS) is 1. The summed E-state index contributed by atoms with van der Waals surface area (Å²) in [6, 6.07) is 0. The number of rotatable bonds is 17. The molecule has 2 N–H and O–H groups in total. The van der Waals surface area contributed by atoms with Crippen LogP contribution in [0.1, 0.15) is 78.1 Å². The molecule has 0 aliphatic carbocycles. The van der Waals surface area contributed by atoms with Crippen LogP contribution in [-0.4, -0.2) is 77.8 Å². The van der Waals surface area contributed by atoms with Crippen LogP contribution in [0.4, 0.5) is 0 Å². The summed E-state index contributed by atoms with van der Waals surface area (Å²) in [5, 5.41) is 12.9. The fraction of sp³-hybridized carbons (Fsp3) is 0.889. The molecular weight excluding hydrogens is 331 g/mol. The van der Waals surface area contributed by atoms with Gasteiger partial charge in [0, 0.05) is 19.5 Å². The van der Waals surface area contributed by atoms with Crippen molar-refractivity contribution in [1.82, 2.24) is 10.4 Å². The zero-order valence-electron chi connectivity index (χ0n) is 15.5. The van der Waals surface area contributed by atoms with Crippen LogP contribution in [0.25, 0.3) is 0 Å². The number of nitrogens with zero attached hydrogens (tertiary/aromatic N) is 1. The topological polar surface area (TPSA) is 78.9 Å². The SMILES string of the molecule is CCCCCCCCCCCC(=O)NCCN(CC(=O)O)OCC.[NaH]. The van der Waals surface area contributed by atoms with E-state index in [2.05, 4.69) is 12.2 Å². The van der Waals surface area contributed by atoms with Crippen molar-refractivity contribution >= 4 is 41.4 Å². The van der Waals surface area contributed by atoms with Crippen molar-refractivity contribution in [1.29, 1.82) is 0 Å². The fourth-order valence-electron chi connectivity index (χ4n) is 2.53. The Morgan fingerprint density at radius 2 is 1.52 bits per heavy atom. The van der Waals surface area contributed by atoms with Crippen LogP contribution in [0.5, 0.6) is 0 Å². The predicted molar refractivity (Wildman–Crippen MR) is 103 cm³/mol. The number of hydrogen-bond donors (Lipinski definition) is 2. The zero-order chi connectivity index (χ0) is 18.0. The second-order valence-electron chi connectivity index (χ2n) is 6.10. The molecule has 0 aliphatic heterocycles. The molecule has 0 saturated heterocycles. The second-order valence-corrected chi connectivity index (χ2v) is 6.10. The summed E-state index contributed by atoms with van der Waals surface area (Å²) in [6.07, 6.45) is 11.7. The van der Waals surface area contributed by atoms with Gasteiger partial charge in [0.25, 0.3) is 0 Å². The molecule has 0 rings (SSSR count). The van der Waals surface area contributed by atoms with Gasteiger partial charge in [-0.15, -0.1) is 0 Å². The molecule has 0 aromatic rings. The Balaban J connectivity index is 0. The van der Waals surface area contributed by atoms with E-state index in [1.54, 1.807) is 6.92 Å². The van der Waals surface area contributed by atoms with Crippen LogP contribution in [0.15, 0.2) is 0 Å². The minimum absolute atomic E-state index is 0. The fourth-order valence-corrected chi connectivity index (χ4v) is 2.53. The Morgan fingerprint density at radius 3 is 2.04 bits per heavy atom. The van der Waals surface area contributed by atoms with Crippen molar-refractivity contribution in [3.63, 3.8) is 0 Å². The van der Waals surface area contributed by atoms with Crippen molar-refractivity contribution in [3.05, 3.63) is 0 Å². The Hall–Kier alpha value is -0.140. The van der Waals surface area contributed by atoms with Gasteiger partial charge in [0.1, 0.15) is 6.54 Å². The van der Waals surface area contributed by atoms with Gasteiger partial charge in [-0.05, 0) is 13.3 Å². The summed E-state index contributed by atoms with van der Waals surface area (Å²) in [5.74, 6) is -0.908. The summed E-state index contributed by atoms with van der Waals surface area (Å²) < 4.78 is 0. The number of hydroxylamine groups is 2. The van der Waals surface area contributed by atoms with E-state index in [-0.39, 0.29) is 42.0 Å². The number of nitrogens with one attached hydrogen (secondary N) is 1. The summed E-state index contributed by atoms with van der Waals surface area (Å²) in [7, 11) is 0. The van der Waals surface area contributed by atoms with Gasteiger partial charge in [0.2, 0.25) is 5.91 Å². The molecule has 0 aliphatic rings. The van der Waals surface area contributed by atoms with Crippen LogP contribution in [0, 0.1) is 0 Å². The number of unbranched alkanes of at least 4 members (excludes halogenated alkanes) is 8. The molecule has 0 spiro atoms. The van der Waals surface area contributed by atoms with E-state index in [1.807, 2.05) is 0 Å². The van der Waals surface area contributed by atoms with Gasteiger partial charge in [-0.2, -0.15) is 5.06 Å². The maximum atomic E-state index is 11.7. The first-order valence-electron chi connectivity index (χ1n) is 9.46. The predicted octanol–water partition coefficient (Wildman–Crippen LogP) is 2.71. The quantitative estimate of drug-likeness (QED) is 0.234. The molecule has 6 nitrogen and oxygen atoms in total.